The summed E-state index contributed by atoms with van der Waals surface area (Å²) >= 11 is 0. The maximum absolute atomic E-state index is 12.8. The Hall–Kier alpha value is -3.48. The number of rotatable bonds is 5. The van der Waals surface area contributed by atoms with Crippen LogP contribution < -0.4 is 10.2 Å². The van der Waals surface area contributed by atoms with Crippen molar-refractivity contribution >= 4 is 29.4 Å². The van der Waals surface area contributed by atoms with Crippen LogP contribution in [0.15, 0.2) is 67.0 Å². The van der Waals surface area contributed by atoms with Crippen LogP contribution in [0.3, 0.4) is 0 Å². The SMILES string of the molecule is CC(C)(C)COC(=O)N(c1ccccc1)c1ncnc(Nc2ccccc2)n1. The number of para-hydroxylation sites is 2. The van der Waals surface area contributed by atoms with E-state index < -0.39 is 6.09 Å². The molecule has 1 heterocycles. The quantitative estimate of drug-likeness (QED) is 0.679. The first kappa shape index (κ1) is 19.3. The largest absolute Gasteiger partial charge is 0.448 e. The van der Waals surface area contributed by atoms with Gasteiger partial charge in [-0.15, -0.1) is 0 Å². The highest BCUT2D eigenvalue weighted by Crippen LogP contribution is 2.25. The van der Waals surface area contributed by atoms with Gasteiger partial charge in [-0.1, -0.05) is 57.2 Å². The molecule has 7 heteroatoms. The molecular formula is C21H23N5O2. The van der Waals surface area contributed by atoms with Gasteiger partial charge in [0.15, 0.2) is 0 Å². The summed E-state index contributed by atoms with van der Waals surface area (Å²) < 4.78 is 5.50. The summed E-state index contributed by atoms with van der Waals surface area (Å²) in [5, 5.41) is 3.10. The third-order valence-electron chi connectivity index (χ3n) is 3.61. The highest BCUT2D eigenvalue weighted by atomic mass is 16.6. The summed E-state index contributed by atoms with van der Waals surface area (Å²) in [5.74, 6) is 0.513. The standard InChI is InChI=1S/C21H23N5O2/c1-21(2,3)14-28-20(27)26(17-12-8-5-9-13-17)19-23-15-22-18(25-19)24-16-10-6-4-7-11-16/h4-13,15H,14H2,1-3H3,(H,22,23,24,25). The van der Waals surface area contributed by atoms with Gasteiger partial charge in [-0.25, -0.2) is 19.7 Å². The van der Waals surface area contributed by atoms with Crippen LogP contribution in [0.25, 0.3) is 0 Å². The van der Waals surface area contributed by atoms with Crippen LogP contribution in [0.5, 0.6) is 0 Å². The Labute approximate surface area is 164 Å². The van der Waals surface area contributed by atoms with Gasteiger partial charge in [-0.2, -0.15) is 4.98 Å². The first-order valence-corrected chi connectivity index (χ1v) is 8.95. The molecule has 0 bridgehead atoms. The van der Waals surface area contributed by atoms with Gasteiger partial charge in [0.2, 0.25) is 11.9 Å². The first-order chi connectivity index (χ1) is 13.4. The van der Waals surface area contributed by atoms with E-state index in [4.69, 9.17) is 4.74 Å². The Morgan fingerprint density at radius 3 is 2.29 bits per heavy atom. The minimum Gasteiger partial charge on any atom is -0.448 e. The minimum absolute atomic E-state index is 0.156. The van der Waals surface area contributed by atoms with E-state index in [0.29, 0.717) is 11.6 Å². The molecule has 1 amide bonds. The summed E-state index contributed by atoms with van der Waals surface area (Å²) in [6.45, 7) is 6.27. The highest BCUT2D eigenvalue weighted by molar-refractivity contribution is 5.94. The van der Waals surface area contributed by atoms with Crippen molar-refractivity contribution in [2.75, 3.05) is 16.8 Å². The topological polar surface area (TPSA) is 80.2 Å². The van der Waals surface area contributed by atoms with Crippen LogP contribution in [-0.4, -0.2) is 27.7 Å². The molecule has 7 nitrogen and oxygen atoms in total. The fourth-order valence-electron chi connectivity index (χ4n) is 2.33. The fraction of sp³-hybridized carbons (Fsp3) is 0.238. The number of nitrogens with zero attached hydrogens (tertiary/aromatic N) is 4. The smallest absolute Gasteiger partial charge is 0.421 e. The maximum atomic E-state index is 12.8. The number of hydrogen-bond acceptors (Lipinski definition) is 6. The molecule has 0 unspecified atom stereocenters. The van der Waals surface area contributed by atoms with Gasteiger partial charge >= 0.3 is 6.09 Å². The van der Waals surface area contributed by atoms with Gasteiger partial charge < -0.3 is 10.1 Å². The van der Waals surface area contributed by atoms with Crippen molar-refractivity contribution in [2.24, 2.45) is 5.41 Å². The zero-order chi connectivity index (χ0) is 20.0. The number of amides is 1. The van der Waals surface area contributed by atoms with E-state index in [9.17, 15) is 4.79 Å². The Morgan fingerprint density at radius 1 is 1.00 bits per heavy atom. The van der Waals surface area contributed by atoms with Crippen LogP contribution >= 0.6 is 0 Å². The van der Waals surface area contributed by atoms with Crippen LogP contribution in [0.1, 0.15) is 20.8 Å². The second-order valence-electron chi connectivity index (χ2n) is 7.39. The van der Waals surface area contributed by atoms with E-state index in [2.05, 4.69) is 20.3 Å². The third kappa shape index (κ3) is 5.26. The van der Waals surface area contributed by atoms with Crippen LogP contribution in [0.2, 0.25) is 0 Å². The van der Waals surface area contributed by atoms with Crippen molar-refractivity contribution < 1.29 is 9.53 Å². The Balaban J connectivity index is 1.90. The van der Waals surface area contributed by atoms with Gasteiger partial charge in [-0.3, -0.25) is 0 Å². The summed E-state index contributed by atoms with van der Waals surface area (Å²) in [7, 11) is 0. The second-order valence-corrected chi connectivity index (χ2v) is 7.39. The Morgan fingerprint density at radius 2 is 1.64 bits per heavy atom. The zero-order valence-electron chi connectivity index (χ0n) is 16.2. The summed E-state index contributed by atoms with van der Waals surface area (Å²) in [6, 6.07) is 18.7. The summed E-state index contributed by atoms with van der Waals surface area (Å²) in [4.78, 5) is 26.9. The molecule has 0 aliphatic rings. The highest BCUT2D eigenvalue weighted by Gasteiger charge is 2.24. The number of aromatic nitrogens is 3. The van der Waals surface area contributed by atoms with E-state index >= 15 is 0 Å². The average molecular weight is 377 g/mol. The van der Waals surface area contributed by atoms with Gasteiger partial charge in [0.05, 0.1) is 12.3 Å². The molecule has 144 valence electrons. The molecule has 3 rings (SSSR count). The van der Waals surface area contributed by atoms with E-state index in [0.717, 1.165) is 5.69 Å². The van der Waals surface area contributed by atoms with Crippen molar-refractivity contribution in [1.29, 1.82) is 0 Å². The van der Waals surface area contributed by atoms with Crippen molar-refractivity contribution in [3.05, 3.63) is 67.0 Å². The molecule has 0 aliphatic heterocycles. The number of carbonyl (C=O) groups is 1. The van der Waals surface area contributed by atoms with E-state index in [1.807, 2.05) is 69.3 Å². The summed E-state index contributed by atoms with van der Waals surface area (Å²) in [6.07, 6.45) is 0.818. The number of carbonyl (C=O) groups excluding carboxylic acids is 1. The van der Waals surface area contributed by atoms with E-state index in [-0.39, 0.29) is 18.0 Å². The maximum Gasteiger partial charge on any atom is 0.421 e. The van der Waals surface area contributed by atoms with E-state index in [1.54, 1.807) is 12.1 Å². The lowest BCUT2D eigenvalue weighted by Crippen LogP contribution is -2.31. The molecule has 3 aromatic rings. The van der Waals surface area contributed by atoms with Crippen molar-refractivity contribution in [1.82, 2.24) is 15.0 Å². The normalized spacial score (nSPS) is 11.0. The number of ether oxygens (including phenoxy) is 1. The number of nitrogens with one attached hydrogen (secondary N) is 1. The molecule has 0 spiro atoms. The molecular weight excluding hydrogens is 354 g/mol. The van der Waals surface area contributed by atoms with Crippen LogP contribution in [0, 0.1) is 5.41 Å². The lowest BCUT2D eigenvalue weighted by atomic mass is 9.99. The monoisotopic (exact) mass is 377 g/mol. The fourth-order valence-corrected chi connectivity index (χ4v) is 2.33. The Bertz CT molecular complexity index is 911. The van der Waals surface area contributed by atoms with Crippen molar-refractivity contribution in [2.45, 2.75) is 20.8 Å². The Kier molecular flexibility index (Phi) is 5.84. The number of hydrogen-bond donors (Lipinski definition) is 1. The minimum atomic E-state index is -0.544. The van der Waals surface area contributed by atoms with E-state index in [1.165, 1.54) is 11.2 Å². The molecule has 0 aliphatic carbocycles. The van der Waals surface area contributed by atoms with Gasteiger partial charge in [-0.05, 0) is 29.7 Å². The molecule has 2 aromatic carbocycles. The molecule has 0 atom stereocenters. The predicted octanol–water partition coefficient (Wildman–Crippen LogP) is 4.94. The lowest BCUT2D eigenvalue weighted by molar-refractivity contribution is 0.114. The molecule has 0 saturated heterocycles. The van der Waals surface area contributed by atoms with Crippen LogP contribution in [-0.2, 0) is 4.74 Å². The molecule has 1 N–H and O–H groups in total. The average Bonchev–Trinajstić information content (AvgIpc) is 2.68. The molecule has 0 saturated carbocycles. The third-order valence-corrected chi connectivity index (χ3v) is 3.61. The predicted molar refractivity (Wildman–Crippen MR) is 109 cm³/mol. The molecule has 1 aromatic heterocycles. The van der Waals surface area contributed by atoms with Gasteiger partial charge in [0.25, 0.3) is 0 Å². The van der Waals surface area contributed by atoms with Crippen molar-refractivity contribution in [3.8, 4) is 0 Å². The second kappa shape index (κ2) is 8.47. The van der Waals surface area contributed by atoms with Crippen molar-refractivity contribution in [3.63, 3.8) is 0 Å². The van der Waals surface area contributed by atoms with Gasteiger partial charge in [0, 0.05) is 5.69 Å². The zero-order valence-corrected chi connectivity index (χ0v) is 16.2. The molecule has 0 fully saturated rings. The van der Waals surface area contributed by atoms with Crippen LogP contribution in [0.4, 0.5) is 28.1 Å². The molecule has 28 heavy (non-hydrogen) atoms. The van der Waals surface area contributed by atoms with Gasteiger partial charge in [0.1, 0.15) is 6.33 Å². The summed E-state index contributed by atoms with van der Waals surface area (Å²) in [5.41, 5.74) is 1.29. The number of benzene rings is 2. The molecule has 0 radical (unpaired) electrons. The first-order valence-electron chi connectivity index (χ1n) is 8.95. The lowest BCUT2D eigenvalue weighted by Gasteiger charge is -2.23. The number of anilines is 4.